The minimum absolute atomic E-state index is 0.142. The number of carbonyl (C=O) groups is 1. The molecule has 0 amide bonds. The van der Waals surface area contributed by atoms with Crippen molar-refractivity contribution in [1.82, 2.24) is 19.7 Å². The van der Waals surface area contributed by atoms with Crippen LogP contribution in [0, 0.1) is 0 Å². The number of carboxylic acids is 1. The summed E-state index contributed by atoms with van der Waals surface area (Å²) in [6.45, 7) is 0. The molecular weight excluding hydrogens is 276 g/mol. The molecule has 7 heteroatoms. The molecular formula is C13H10N4O2S. The maximum atomic E-state index is 11.1. The molecule has 1 aromatic carbocycles. The van der Waals surface area contributed by atoms with Crippen molar-refractivity contribution in [2.75, 3.05) is 0 Å². The van der Waals surface area contributed by atoms with Gasteiger partial charge in [0.15, 0.2) is 0 Å². The summed E-state index contributed by atoms with van der Waals surface area (Å²) in [7, 11) is 0. The number of hydrogen-bond donors (Lipinski definition) is 1. The van der Waals surface area contributed by atoms with E-state index in [1.807, 2.05) is 18.2 Å². The van der Waals surface area contributed by atoms with E-state index in [2.05, 4.69) is 15.1 Å². The third kappa shape index (κ3) is 1.78. The number of fused-ring (bicyclic) bond motifs is 1. The third-order valence-electron chi connectivity index (χ3n) is 3.33. The van der Waals surface area contributed by atoms with Crippen molar-refractivity contribution in [1.29, 1.82) is 0 Å². The topological polar surface area (TPSA) is 80.9 Å². The molecule has 2 heterocycles. The Kier molecular flexibility index (Phi) is 2.37. The molecule has 20 heavy (non-hydrogen) atoms. The highest BCUT2D eigenvalue weighted by Gasteiger charge is 2.31. The van der Waals surface area contributed by atoms with Crippen LogP contribution in [-0.2, 0) is 0 Å². The maximum Gasteiger partial charge on any atom is 0.375 e. The van der Waals surface area contributed by atoms with E-state index < -0.39 is 5.97 Å². The van der Waals surface area contributed by atoms with Crippen LogP contribution in [0.4, 0.5) is 0 Å². The molecule has 1 saturated carbocycles. The van der Waals surface area contributed by atoms with Crippen LogP contribution in [-0.4, -0.2) is 30.8 Å². The molecule has 2 aromatic heterocycles. The number of rotatable bonds is 3. The summed E-state index contributed by atoms with van der Waals surface area (Å²) in [6.07, 6.45) is 2.08. The lowest BCUT2D eigenvalue weighted by Gasteiger charge is -2.04. The van der Waals surface area contributed by atoms with Gasteiger partial charge in [-0.25, -0.2) is 19.4 Å². The minimum Gasteiger partial charge on any atom is -0.475 e. The second-order valence-electron chi connectivity index (χ2n) is 4.79. The Morgan fingerprint density at radius 1 is 1.40 bits per heavy atom. The lowest BCUT2D eigenvalue weighted by Crippen LogP contribution is -2.03. The second-order valence-corrected chi connectivity index (χ2v) is 5.68. The Bertz CT molecular complexity index is 819. The number of benzene rings is 1. The number of thiazole rings is 1. The first-order valence-electron chi connectivity index (χ1n) is 6.26. The summed E-state index contributed by atoms with van der Waals surface area (Å²) < 4.78 is 2.71. The quantitative estimate of drug-likeness (QED) is 0.799. The molecule has 1 N–H and O–H groups in total. The first-order chi connectivity index (χ1) is 9.72. The van der Waals surface area contributed by atoms with Gasteiger partial charge in [-0.1, -0.05) is 0 Å². The van der Waals surface area contributed by atoms with Crippen molar-refractivity contribution in [2.24, 2.45) is 0 Å². The average Bonchev–Trinajstić information content (AvgIpc) is 3.02. The van der Waals surface area contributed by atoms with Crippen molar-refractivity contribution in [3.05, 3.63) is 35.4 Å². The second kappa shape index (κ2) is 4.11. The van der Waals surface area contributed by atoms with Crippen molar-refractivity contribution in [2.45, 2.75) is 18.8 Å². The normalized spacial score (nSPS) is 14.8. The van der Waals surface area contributed by atoms with E-state index in [9.17, 15) is 4.79 Å². The predicted octanol–water partition coefficient (Wildman–Crippen LogP) is 2.45. The monoisotopic (exact) mass is 286 g/mol. The van der Waals surface area contributed by atoms with Gasteiger partial charge in [0.25, 0.3) is 5.82 Å². The van der Waals surface area contributed by atoms with E-state index in [0.717, 1.165) is 34.6 Å². The van der Waals surface area contributed by atoms with Crippen molar-refractivity contribution >= 4 is 27.5 Å². The van der Waals surface area contributed by atoms with Gasteiger partial charge in [-0.3, -0.25) is 0 Å². The summed E-state index contributed by atoms with van der Waals surface area (Å²) in [5.41, 5.74) is 3.56. The van der Waals surface area contributed by atoms with Crippen molar-refractivity contribution in [3.8, 4) is 5.69 Å². The summed E-state index contributed by atoms with van der Waals surface area (Å²) >= 11 is 1.55. The highest BCUT2D eigenvalue weighted by Crippen LogP contribution is 2.40. The zero-order chi connectivity index (χ0) is 13.7. The fraction of sp³-hybridized carbons (Fsp3) is 0.231. The van der Waals surface area contributed by atoms with Gasteiger partial charge < -0.3 is 5.11 Å². The van der Waals surface area contributed by atoms with Gasteiger partial charge >= 0.3 is 5.97 Å². The third-order valence-corrected chi connectivity index (χ3v) is 4.12. The highest BCUT2D eigenvalue weighted by atomic mass is 32.1. The van der Waals surface area contributed by atoms with Gasteiger partial charge in [0.2, 0.25) is 0 Å². The van der Waals surface area contributed by atoms with Gasteiger partial charge in [-0.15, -0.1) is 16.4 Å². The van der Waals surface area contributed by atoms with E-state index in [1.165, 1.54) is 0 Å². The van der Waals surface area contributed by atoms with Gasteiger partial charge in [-0.2, -0.15) is 0 Å². The number of carboxylic acid groups (broad SMARTS) is 1. The van der Waals surface area contributed by atoms with Crippen LogP contribution in [0.3, 0.4) is 0 Å². The number of aromatic nitrogens is 4. The standard InChI is InChI=1S/C13H10N4O2S/c18-13(19)11-15-12(7-1-2-7)17(16-11)8-3-4-9-10(5-8)20-6-14-9/h3-7H,1-2H2,(H,18,19). The Hall–Kier alpha value is -2.28. The van der Waals surface area contributed by atoms with Gasteiger partial charge in [0.05, 0.1) is 21.4 Å². The van der Waals surface area contributed by atoms with Gasteiger partial charge in [0.1, 0.15) is 5.82 Å². The first-order valence-corrected chi connectivity index (χ1v) is 7.14. The average molecular weight is 286 g/mol. The summed E-state index contributed by atoms with van der Waals surface area (Å²) in [5, 5.41) is 13.2. The number of hydrogen-bond acceptors (Lipinski definition) is 5. The van der Waals surface area contributed by atoms with E-state index in [4.69, 9.17) is 5.11 Å². The molecule has 1 aliphatic rings. The minimum atomic E-state index is -1.09. The maximum absolute atomic E-state index is 11.1. The van der Waals surface area contributed by atoms with E-state index >= 15 is 0 Å². The molecule has 3 aromatic rings. The lowest BCUT2D eigenvalue weighted by atomic mass is 10.3. The van der Waals surface area contributed by atoms with Crippen molar-refractivity contribution < 1.29 is 9.90 Å². The van der Waals surface area contributed by atoms with Crippen LogP contribution in [0.2, 0.25) is 0 Å². The molecule has 0 spiro atoms. The molecule has 6 nitrogen and oxygen atoms in total. The Balaban J connectivity index is 1.89. The van der Waals surface area contributed by atoms with Crippen LogP contribution >= 0.6 is 11.3 Å². The van der Waals surface area contributed by atoms with E-state index in [1.54, 1.807) is 21.5 Å². The first kappa shape index (κ1) is 11.5. The Morgan fingerprint density at radius 3 is 3.00 bits per heavy atom. The molecule has 100 valence electrons. The number of nitrogens with zero attached hydrogens (tertiary/aromatic N) is 4. The molecule has 1 aliphatic carbocycles. The largest absolute Gasteiger partial charge is 0.475 e. The SMILES string of the molecule is O=C(O)c1nc(C2CC2)n(-c2ccc3ncsc3c2)n1. The van der Waals surface area contributed by atoms with Gasteiger partial charge in [-0.05, 0) is 31.0 Å². The van der Waals surface area contributed by atoms with Crippen LogP contribution in [0.15, 0.2) is 23.7 Å². The summed E-state index contributed by atoms with van der Waals surface area (Å²) in [4.78, 5) is 19.5. The molecule has 0 saturated heterocycles. The van der Waals surface area contributed by atoms with Gasteiger partial charge in [0, 0.05) is 5.92 Å². The number of aromatic carboxylic acids is 1. The highest BCUT2D eigenvalue weighted by molar-refractivity contribution is 7.16. The summed E-state index contributed by atoms with van der Waals surface area (Å²) in [6, 6.07) is 5.79. The van der Waals surface area contributed by atoms with Crippen LogP contribution < -0.4 is 0 Å². The fourth-order valence-electron chi connectivity index (χ4n) is 2.19. The molecule has 1 fully saturated rings. The molecule has 0 aliphatic heterocycles. The van der Waals surface area contributed by atoms with Crippen molar-refractivity contribution in [3.63, 3.8) is 0 Å². The molecule has 0 atom stereocenters. The molecule has 4 rings (SSSR count). The molecule has 0 bridgehead atoms. The fourth-order valence-corrected chi connectivity index (χ4v) is 2.90. The zero-order valence-corrected chi connectivity index (χ0v) is 11.2. The van der Waals surface area contributed by atoms with Crippen LogP contribution in [0.1, 0.15) is 35.2 Å². The lowest BCUT2D eigenvalue weighted by molar-refractivity contribution is 0.0683. The van der Waals surface area contributed by atoms with Crippen LogP contribution in [0.5, 0.6) is 0 Å². The van der Waals surface area contributed by atoms with E-state index in [0.29, 0.717) is 5.92 Å². The zero-order valence-electron chi connectivity index (χ0n) is 10.4. The summed E-state index contributed by atoms with van der Waals surface area (Å²) in [5.74, 6) is -0.167. The molecule has 0 radical (unpaired) electrons. The van der Waals surface area contributed by atoms with E-state index in [-0.39, 0.29) is 5.82 Å². The smallest absolute Gasteiger partial charge is 0.375 e. The molecule has 0 unspecified atom stereocenters. The Labute approximate surface area is 117 Å². The Morgan fingerprint density at radius 2 is 2.25 bits per heavy atom. The predicted molar refractivity (Wildman–Crippen MR) is 73.5 cm³/mol. The van der Waals surface area contributed by atoms with Crippen LogP contribution in [0.25, 0.3) is 15.9 Å².